The summed E-state index contributed by atoms with van der Waals surface area (Å²) >= 11 is 0. The van der Waals surface area contributed by atoms with E-state index in [1.165, 1.54) is 24.1 Å². The Hall–Kier alpha value is -2.11. The van der Waals surface area contributed by atoms with E-state index in [0.717, 1.165) is 57.2 Å². The van der Waals surface area contributed by atoms with Crippen molar-refractivity contribution >= 4 is 11.4 Å². The summed E-state index contributed by atoms with van der Waals surface area (Å²) in [6.07, 6.45) is 2.38. The van der Waals surface area contributed by atoms with E-state index >= 15 is 0 Å². The summed E-state index contributed by atoms with van der Waals surface area (Å²) < 4.78 is 20.0. The molecule has 0 radical (unpaired) electrons. The Morgan fingerprint density at radius 2 is 1.52 bits per heavy atom. The van der Waals surface area contributed by atoms with E-state index < -0.39 is 0 Å². The highest BCUT2D eigenvalue weighted by Gasteiger charge is 2.18. The summed E-state index contributed by atoms with van der Waals surface area (Å²) in [5, 5.41) is 3.48. The van der Waals surface area contributed by atoms with Gasteiger partial charge < -0.3 is 19.9 Å². The van der Waals surface area contributed by atoms with E-state index in [1.54, 1.807) is 6.07 Å². The van der Waals surface area contributed by atoms with Gasteiger partial charge in [-0.05, 0) is 36.6 Å². The van der Waals surface area contributed by atoms with Gasteiger partial charge in [0.1, 0.15) is 5.82 Å². The molecule has 5 heteroatoms. The van der Waals surface area contributed by atoms with E-state index in [1.807, 2.05) is 12.1 Å². The Balaban J connectivity index is 1.45. The fraction of sp³-hybridized carbons (Fsp3) is 0.455. The van der Waals surface area contributed by atoms with Gasteiger partial charge in [0.15, 0.2) is 0 Å². The van der Waals surface area contributed by atoms with Crippen molar-refractivity contribution in [3.63, 3.8) is 0 Å². The summed E-state index contributed by atoms with van der Waals surface area (Å²) in [6, 6.07) is 13.9. The molecule has 2 aliphatic heterocycles. The molecule has 2 aliphatic rings. The fourth-order valence-corrected chi connectivity index (χ4v) is 4.07. The van der Waals surface area contributed by atoms with Crippen molar-refractivity contribution in [2.75, 3.05) is 49.2 Å². The molecular weight excluding hydrogens is 341 g/mol. The predicted molar refractivity (Wildman–Crippen MR) is 108 cm³/mol. The standard InChI is InChI=1S/C22H28FN3O/c23-20-7-5-9-22(25-10-3-4-11-25)19(20)17-24-16-18-6-1-2-8-21(18)26-12-14-27-15-13-26/h1-2,5-9,24H,3-4,10-17H2. The minimum atomic E-state index is -0.117. The van der Waals surface area contributed by atoms with Crippen LogP contribution >= 0.6 is 0 Å². The van der Waals surface area contributed by atoms with Crippen LogP contribution in [0.5, 0.6) is 0 Å². The second-order valence-electron chi connectivity index (χ2n) is 7.26. The van der Waals surface area contributed by atoms with Crippen LogP contribution in [0.2, 0.25) is 0 Å². The molecule has 2 aromatic rings. The van der Waals surface area contributed by atoms with E-state index in [4.69, 9.17) is 4.74 Å². The van der Waals surface area contributed by atoms with Crippen molar-refractivity contribution in [3.05, 3.63) is 59.4 Å². The topological polar surface area (TPSA) is 27.7 Å². The van der Waals surface area contributed by atoms with Crippen LogP contribution in [-0.2, 0) is 17.8 Å². The van der Waals surface area contributed by atoms with Gasteiger partial charge in [-0.15, -0.1) is 0 Å². The number of anilines is 2. The van der Waals surface area contributed by atoms with Gasteiger partial charge in [0.25, 0.3) is 0 Å². The SMILES string of the molecule is Fc1cccc(N2CCCC2)c1CNCc1ccccc1N1CCOCC1. The molecule has 2 saturated heterocycles. The number of halogens is 1. The largest absolute Gasteiger partial charge is 0.378 e. The molecule has 2 heterocycles. The highest BCUT2D eigenvalue weighted by Crippen LogP contribution is 2.27. The van der Waals surface area contributed by atoms with Crippen molar-refractivity contribution in [3.8, 4) is 0 Å². The molecule has 144 valence electrons. The van der Waals surface area contributed by atoms with Gasteiger partial charge >= 0.3 is 0 Å². The van der Waals surface area contributed by atoms with Crippen molar-refractivity contribution in [2.24, 2.45) is 0 Å². The molecule has 0 saturated carbocycles. The summed E-state index contributed by atoms with van der Waals surface area (Å²) in [7, 11) is 0. The Morgan fingerprint density at radius 1 is 0.815 bits per heavy atom. The molecule has 2 aromatic carbocycles. The van der Waals surface area contributed by atoms with Gasteiger partial charge in [-0.1, -0.05) is 24.3 Å². The average Bonchev–Trinajstić information content (AvgIpc) is 3.25. The van der Waals surface area contributed by atoms with E-state index in [9.17, 15) is 4.39 Å². The lowest BCUT2D eigenvalue weighted by Crippen LogP contribution is -2.37. The lowest BCUT2D eigenvalue weighted by Gasteiger charge is -2.30. The van der Waals surface area contributed by atoms with Crippen molar-refractivity contribution in [1.82, 2.24) is 5.32 Å². The second-order valence-corrected chi connectivity index (χ2v) is 7.26. The molecule has 0 spiro atoms. The molecule has 4 nitrogen and oxygen atoms in total. The van der Waals surface area contributed by atoms with Crippen molar-refractivity contribution in [1.29, 1.82) is 0 Å². The predicted octanol–water partition coefficient (Wildman–Crippen LogP) is 3.55. The highest BCUT2D eigenvalue weighted by molar-refractivity contribution is 5.56. The van der Waals surface area contributed by atoms with E-state index in [0.29, 0.717) is 6.54 Å². The van der Waals surface area contributed by atoms with Crippen LogP contribution in [0.3, 0.4) is 0 Å². The minimum Gasteiger partial charge on any atom is -0.378 e. The first-order chi connectivity index (χ1) is 13.3. The Morgan fingerprint density at radius 3 is 2.33 bits per heavy atom. The molecule has 2 fully saturated rings. The van der Waals surface area contributed by atoms with Crippen LogP contribution in [0, 0.1) is 5.82 Å². The van der Waals surface area contributed by atoms with Gasteiger partial charge in [0.05, 0.1) is 13.2 Å². The second kappa shape index (κ2) is 8.72. The molecule has 0 aromatic heterocycles. The Kier molecular flexibility index (Phi) is 5.90. The molecule has 0 amide bonds. The lowest BCUT2D eigenvalue weighted by atomic mass is 10.1. The number of rotatable bonds is 6. The number of nitrogens with zero attached hydrogens (tertiary/aromatic N) is 2. The number of hydrogen-bond donors (Lipinski definition) is 1. The summed E-state index contributed by atoms with van der Waals surface area (Å²) in [5.41, 5.74) is 4.32. The monoisotopic (exact) mass is 369 g/mol. The zero-order chi connectivity index (χ0) is 18.5. The van der Waals surface area contributed by atoms with Crippen LogP contribution in [0.4, 0.5) is 15.8 Å². The summed E-state index contributed by atoms with van der Waals surface area (Å²) in [4.78, 5) is 4.68. The van der Waals surface area contributed by atoms with Gasteiger partial charge in [-0.2, -0.15) is 0 Å². The molecule has 27 heavy (non-hydrogen) atoms. The zero-order valence-corrected chi connectivity index (χ0v) is 15.8. The van der Waals surface area contributed by atoms with E-state index in [-0.39, 0.29) is 5.82 Å². The molecule has 0 atom stereocenters. The normalized spacial score (nSPS) is 17.5. The number of morpholine rings is 1. The van der Waals surface area contributed by atoms with Gasteiger partial charge in [0.2, 0.25) is 0 Å². The van der Waals surface area contributed by atoms with Crippen LogP contribution in [0.25, 0.3) is 0 Å². The third kappa shape index (κ3) is 4.25. The number of ether oxygens (including phenoxy) is 1. The number of hydrogen-bond acceptors (Lipinski definition) is 4. The lowest BCUT2D eigenvalue weighted by molar-refractivity contribution is 0.122. The van der Waals surface area contributed by atoms with Crippen LogP contribution < -0.4 is 15.1 Å². The maximum atomic E-state index is 14.5. The smallest absolute Gasteiger partial charge is 0.129 e. The van der Waals surface area contributed by atoms with E-state index in [2.05, 4.69) is 39.4 Å². The third-order valence-electron chi connectivity index (χ3n) is 5.50. The first kappa shape index (κ1) is 18.3. The number of para-hydroxylation sites is 1. The minimum absolute atomic E-state index is 0.117. The quantitative estimate of drug-likeness (QED) is 0.843. The zero-order valence-electron chi connectivity index (χ0n) is 15.8. The van der Waals surface area contributed by atoms with Crippen molar-refractivity contribution in [2.45, 2.75) is 25.9 Å². The fourth-order valence-electron chi connectivity index (χ4n) is 4.07. The molecule has 0 unspecified atom stereocenters. The number of nitrogens with one attached hydrogen (secondary N) is 1. The first-order valence-corrected chi connectivity index (χ1v) is 9.96. The Bertz CT molecular complexity index is 755. The molecule has 0 bridgehead atoms. The van der Waals surface area contributed by atoms with Gasteiger partial charge in [-0.25, -0.2) is 4.39 Å². The van der Waals surface area contributed by atoms with Crippen molar-refractivity contribution < 1.29 is 9.13 Å². The maximum absolute atomic E-state index is 14.5. The van der Waals surface area contributed by atoms with Crippen LogP contribution in [-0.4, -0.2) is 39.4 Å². The Labute approximate surface area is 160 Å². The number of benzene rings is 2. The highest BCUT2D eigenvalue weighted by atomic mass is 19.1. The molecular formula is C22H28FN3O. The first-order valence-electron chi connectivity index (χ1n) is 9.96. The van der Waals surface area contributed by atoms with Gasteiger partial charge in [-0.3, -0.25) is 0 Å². The molecule has 0 aliphatic carbocycles. The average molecular weight is 369 g/mol. The summed E-state index contributed by atoms with van der Waals surface area (Å²) in [6.45, 7) is 6.70. The molecule has 4 rings (SSSR count). The maximum Gasteiger partial charge on any atom is 0.129 e. The third-order valence-corrected chi connectivity index (χ3v) is 5.50. The van der Waals surface area contributed by atoms with Crippen LogP contribution in [0.15, 0.2) is 42.5 Å². The molecule has 1 N–H and O–H groups in total. The summed E-state index contributed by atoms with van der Waals surface area (Å²) in [5.74, 6) is -0.117. The van der Waals surface area contributed by atoms with Gasteiger partial charge in [0, 0.05) is 56.2 Å². The van der Waals surface area contributed by atoms with Crippen LogP contribution in [0.1, 0.15) is 24.0 Å².